The normalized spacial score (nSPS) is 17.4. The molecule has 0 spiro atoms. The number of benzene rings is 1. The average Bonchev–Trinajstić information content (AvgIpc) is 2.87. The molecular formula is C18H28BrNO. The molecule has 1 aliphatic carbocycles. The van der Waals surface area contributed by atoms with E-state index in [1.165, 1.54) is 37.7 Å². The summed E-state index contributed by atoms with van der Waals surface area (Å²) in [4.78, 5) is 0. The molecular weight excluding hydrogens is 326 g/mol. The smallest absolute Gasteiger partial charge is 0.123 e. The van der Waals surface area contributed by atoms with Gasteiger partial charge in [-0.05, 0) is 48.8 Å². The number of nitrogens with one attached hydrogen (secondary N) is 1. The number of hydrogen-bond donors (Lipinski definition) is 1. The highest BCUT2D eigenvalue weighted by molar-refractivity contribution is 9.10. The third kappa shape index (κ3) is 4.72. The van der Waals surface area contributed by atoms with Crippen molar-refractivity contribution >= 4 is 15.9 Å². The van der Waals surface area contributed by atoms with Crippen LogP contribution in [0.3, 0.4) is 0 Å². The van der Waals surface area contributed by atoms with Gasteiger partial charge >= 0.3 is 0 Å². The second-order valence-corrected chi connectivity index (χ2v) is 7.78. The van der Waals surface area contributed by atoms with E-state index in [9.17, 15) is 0 Å². The van der Waals surface area contributed by atoms with E-state index in [-0.39, 0.29) is 0 Å². The van der Waals surface area contributed by atoms with Gasteiger partial charge in [0.1, 0.15) is 5.75 Å². The lowest BCUT2D eigenvalue weighted by Crippen LogP contribution is -2.33. The minimum atomic E-state index is 0.521. The maximum atomic E-state index is 5.45. The first-order chi connectivity index (χ1) is 10.0. The molecule has 1 aliphatic rings. The number of halogens is 1. The molecule has 3 heteroatoms. The summed E-state index contributed by atoms with van der Waals surface area (Å²) < 4.78 is 6.56. The standard InChI is InChI=1S/C18H28BrNO/c1-14(2)11-18(8-4-5-9-18)13-20-12-15-10-16(19)6-7-17(15)21-3/h6-7,10,14,20H,4-5,8-9,11-13H2,1-3H3. The molecule has 21 heavy (non-hydrogen) atoms. The van der Waals surface area contributed by atoms with Gasteiger partial charge in [-0.2, -0.15) is 0 Å². The first-order valence-corrected chi connectivity index (χ1v) is 8.87. The molecule has 2 rings (SSSR count). The van der Waals surface area contributed by atoms with Gasteiger partial charge in [0, 0.05) is 23.1 Å². The van der Waals surface area contributed by atoms with Crippen LogP contribution in [0.1, 0.15) is 51.5 Å². The van der Waals surface area contributed by atoms with Crippen LogP contribution in [-0.2, 0) is 6.54 Å². The van der Waals surface area contributed by atoms with Gasteiger partial charge in [0.05, 0.1) is 7.11 Å². The van der Waals surface area contributed by atoms with Gasteiger partial charge in [0.25, 0.3) is 0 Å². The molecule has 0 radical (unpaired) electrons. The Kier molecular flexibility index (Phi) is 6.12. The minimum absolute atomic E-state index is 0.521. The first kappa shape index (κ1) is 16.8. The summed E-state index contributed by atoms with van der Waals surface area (Å²) in [5.41, 5.74) is 1.75. The second kappa shape index (κ2) is 7.64. The van der Waals surface area contributed by atoms with Crippen molar-refractivity contribution in [2.24, 2.45) is 11.3 Å². The van der Waals surface area contributed by atoms with Crippen molar-refractivity contribution in [3.8, 4) is 5.75 Å². The summed E-state index contributed by atoms with van der Waals surface area (Å²) in [5.74, 6) is 1.75. The first-order valence-electron chi connectivity index (χ1n) is 8.08. The summed E-state index contributed by atoms with van der Waals surface area (Å²) in [6, 6.07) is 6.20. The minimum Gasteiger partial charge on any atom is -0.496 e. The Morgan fingerprint density at radius 1 is 1.29 bits per heavy atom. The van der Waals surface area contributed by atoms with E-state index < -0.39 is 0 Å². The van der Waals surface area contributed by atoms with Gasteiger partial charge < -0.3 is 10.1 Å². The summed E-state index contributed by atoms with van der Waals surface area (Å²) in [7, 11) is 1.74. The zero-order valence-electron chi connectivity index (χ0n) is 13.5. The Hall–Kier alpha value is -0.540. The van der Waals surface area contributed by atoms with Gasteiger partial charge in [0.15, 0.2) is 0 Å². The molecule has 0 amide bonds. The monoisotopic (exact) mass is 353 g/mol. The second-order valence-electron chi connectivity index (χ2n) is 6.86. The molecule has 0 saturated heterocycles. The van der Waals surface area contributed by atoms with E-state index in [4.69, 9.17) is 4.74 Å². The lowest BCUT2D eigenvalue weighted by Gasteiger charge is -2.31. The molecule has 0 atom stereocenters. The number of methoxy groups -OCH3 is 1. The van der Waals surface area contributed by atoms with Crippen molar-refractivity contribution in [3.05, 3.63) is 28.2 Å². The fourth-order valence-electron chi connectivity index (χ4n) is 3.79. The Bertz CT molecular complexity index is 453. The number of hydrogen-bond acceptors (Lipinski definition) is 2. The zero-order valence-corrected chi connectivity index (χ0v) is 15.1. The highest BCUT2D eigenvalue weighted by Crippen LogP contribution is 2.42. The average molecular weight is 354 g/mol. The third-order valence-corrected chi connectivity index (χ3v) is 5.06. The van der Waals surface area contributed by atoms with Crippen LogP contribution in [0.2, 0.25) is 0 Å². The van der Waals surface area contributed by atoms with Crippen molar-refractivity contribution in [2.45, 2.75) is 52.5 Å². The molecule has 0 aliphatic heterocycles. The van der Waals surface area contributed by atoms with Crippen LogP contribution >= 0.6 is 15.9 Å². The van der Waals surface area contributed by atoms with E-state index in [1.807, 2.05) is 12.1 Å². The molecule has 118 valence electrons. The van der Waals surface area contributed by atoms with Gasteiger partial charge in [-0.15, -0.1) is 0 Å². The molecule has 0 aromatic heterocycles. The van der Waals surface area contributed by atoms with Gasteiger partial charge in [0.2, 0.25) is 0 Å². The Labute approximate surface area is 137 Å². The summed E-state index contributed by atoms with van der Waals surface area (Å²) in [6.07, 6.45) is 6.90. The molecule has 1 fully saturated rings. The maximum absolute atomic E-state index is 5.45. The van der Waals surface area contributed by atoms with Gasteiger partial charge in [-0.25, -0.2) is 0 Å². The topological polar surface area (TPSA) is 21.3 Å². The van der Waals surface area contributed by atoms with Crippen molar-refractivity contribution in [1.29, 1.82) is 0 Å². The van der Waals surface area contributed by atoms with Crippen LogP contribution in [0.4, 0.5) is 0 Å². The van der Waals surface area contributed by atoms with Crippen molar-refractivity contribution in [3.63, 3.8) is 0 Å². The highest BCUT2D eigenvalue weighted by atomic mass is 79.9. The number of rotatable bonds is 7. The molecule has 2 nitrogen and oxygen atoms in total. The highest BCUT2D eigenvalue weighted by Gasteiger charge is 2.33. The Morgan fingerprint density at radius 3 is 2.62 bits per heavy atom. The third-order valence-electron chi connectivity index (χ3n) is 4.56. The lowest BCUT2D eigenvalue weighted by molar-refractivity contribution is 0.223. The number of ether oxygens (including phenoxy) is 1. The van der Waals surface area contributed by atoms with Gasteiger partial charge in [-0.1, -0.05) is 42.6 Å². The van der Waals surface area contributed by atoms with E-state index in [2.05, 4.69) is 41.2 Å². The molecule has 0 unspecified atom stereocenters. The van der Waals surface area contributed by atoms with E-state index in [1.54, 1.807) is 7.11 Å². The predicted octanol–water partition coefficient (Wildman–Crippen LogP) is 5.15. The Balaban J connectivity index is 1.95. The van der Waals surface area contributed by atoms with E-state index in [0.717, 1.165) is 29.2 Å². The largest absolute Gasteiger partial charge is 0.496 e. The van der Waals surface area contributed by atoms with Crippen LogP contribution in [0.25, 0.3) is 0 Å². The maximum Gasteiger partial charge on any atom is 0.123 e. The zero-order chi connectivity index (χ0) is 15.3. The van der Waals surface area contributed by atoms with E-state index >= 15 is 0 Å². The van der Waals surface area contributed by atoms with Crippen LogP contribution in [-0.4, -0.2) is 13.7 Å². The molecule has 1 saturated carbocycles. The summed E-state index contributed by atoms with van der Waals surface area (Å²) in [6.45, 7) is 6.69. The van der Waals surface area contributed by atoms with Crippen LogP contribution in [0.5, 0.6) is 5.75 Å². The summed E-state index contributed by atoms with van der Waals surface area (Å²) in [5, 5.41) is 3.69. The van der Waals surface area contributed by atoms with Crippen molar-refractivity contribution in [2.75, 3.05) is 13.7 Å². The Morgan fingerprint density at radius 2 is 2.00 bits per heavy atom. The van der Waals surface area contributed by atoms with Crippen molar-refractivity contribution in [1.82, 2.24) is 5.32 Å². The molecule has 1 aromatic carbocycles. The molecule has 0 heterocycles. The van der Waals surface area contributed by atoms with E-state index in [0.29, 0.717) is 5.41 Å². The lowest BCUT2D eigenvalue weighted by atomic mass is 9.78. The fraction of sp³-hybridized carbons (Fsp3) is 0.667. The van der Waals surface area contributed by atoms with Crippen molar-refractivity contribution < 1.29 is 4.74 Å². The quantitative estimate of drug-likeness (QED) is 0.731. The van der Waals surface area contributed by atoms with Crippen LogP contribution in [0.15, 0.2) is 22.7 Å². The van der Waals surface area contributed by atoms with Gasteiger partial charge in [-0.3, -0.25) is 0 Å². The van der Waals surface area contributed by atoms with Crippen LogP contribution in [0, 0.1) is 11.3 Å². The SMILES string of the molecule is COc1ccc(Br)cc1CNCC1(CC(C)C)CCCC1. The fourth-order valence-corrected chi connectivity index (χ4v) is 4.20. The van der Waals surface area contributed by atoms with Crippen LogP contribution < -0.4 is 10.1 Å². The molecule has 0 bridgehead atoms. The molecule has 1 N–H and O–H groups in total. The molecule has 1 aromatic rings. The predicted molar refractivity (Wildman–Crippen MR) is 92.8 cm³/mol. The summed E-state index contributed by atoms with van der Waals surface area (Å²) >= 11 is 3.54.